The molecule has 0 aliphatic rings. The van der Waals surface area contributed by atoms with E-state index in [0.29, 0.717) is 0 Å². The van der Waals surface area contributed by atoms with E-state index < -0.39 is 67.2 Å². The highest BCUT2D eigenvalue weighted by Gasteiger charge is 2.24. The van der Waals surface area contributed by atoms with E-state index in [9.17, 15) is 29.6 Å². The average molecular weight is 390 g/mol. The van der Waals surface area contributed by atoms with Crippen molar-refractivity contribution in [2.45, 2.75) is 0 Å². The summed E-state index contributed by atoms with van der Waals surface area (Å²) in [6.07, 6.45) is 0. The molecule has 0 unspecified atom stereocenters. The van der Waals surface area contributed by atoms with Crippen LogP contribution >= 0.6 is 0 Å². The zero-order chi connectivity index (χ0) is 21.2. The van der Waals surface area contributed by atoms with Crippen molar-refractivity contribution in [3.05, 3.63) is 69.1 Å². The monoisotopic (exact) mass is 390 g/mol. The number of carbonyl (C=O) groups is 4. The van der Waals surface area contributed by atoms with E-state index in [4.69, 9.17) is 20.4 Å². The predicted octanol–water partition coefficient (Wildman–Crippen LogP) is 1.92. The van der Waals surface area contributed by atoms with Gasteiger partial charge in [0, 0.05) is 24.3 Å². The van der Waals surface area contributed by atoms with Gasteiger partial charge < -0.3 is 30.8 Å². The van der Waals surface area contributed by atoms with Crippen LogP contribution in [-0.4, -0.2) is 54.0 Å². The van der Waals surface area contributed by atoms with Crippen LogP contribution in [0, 0.1) is 10.4 Å². The fourth-order valence-corrected chi connectivity index (χ4v) is 2.15. The highest BCUT2D eigenvalue weighted by Crippen LogP contribution is 2.23. The van der Waals surface area contributed by atoms with Gasteiger partial charge in [0.25, 0.3) is 11.4 Å². The minimum Gasteiger partial charge on any atom is -0.561 e. The van der Waals surface area contributed by atoms with E-state index in [1.165, 1.54) is 0 Å². The number of carboxylic acids is 4. The Morgan fingerprint density at radius 1 is 0.536 bits per heavy atom. The van der Waals surface area contributed by atoms with Gasteiger partial charge in [0.05, 0.1) is 32.0 Å². The van der Waals surface area contributed by atoms with Gasteiger partial charge >= 0.3 is 23.9 Å². The van der Waals surface area contributed by atoms with Crippen molar-refractivity contribution in [2.24, 2.45) is 0 Å². The van der Waals surface area contributed by atoms with E-state index in [1.807, 2.05) is 0 Å². The lowest BCUT2D eigenvalue weighted by Crippen LogP contribution is -2.12. The van der Waals surface area contributed by atoms with Crippen LogP contribution in [0.2, 0.25) is 0 Å². The molecule has 0 bridgehead atoms. The van der Waals surface area contributed by atoms with E-state index in [1.54, 1.807) is 0 Å². The van der Waals surface area contributed by atoms with Crippen LogP contribution < -0.4 is 0 Å². The summed E-state index contributed by atoms with van der Waals surface area (Å²) in [5.74, 6) is -6.24. The zero-order valence-corrected chi connectivity index (χ0v) is 13.6. The second-order valence-corrected chi connectivity index (χ2v) is 5.30. The molecule has 0 fully saturated rings. The van der Waals surface area contributed by atoms with Crippen molar-refractivity contribution in [3.8, 4) is 0 Å². The number of azo groups is 1. The van der Waals surface area contributed by atoms with Gasteiger partial charge in [0.1, 0.15) is 0 Å². The third kappa shape index (κ3) is 4.01. The largest absolute Gasteiger partial charge is 0.561 e. The summed E-state index contributed by atoms with van der Waals surface area (Å²) in [6.45, 7) is 0. The van der Waals surface area contributed by atoms with Crippen molar-refractivity contribution in [1.29, 1.82) is 0 Å². The number of aromatic carboxylic acids is 4. The maximum atomic E-state index is 12.3. The molecular formula is C16H10N2O10. The number of rotatable bonds is 6. The van der Waals surface area contributed by atoms with Crippen molar-refractivity contribution < 1.29 is 49.3 Å². The third-order valence-corrected chi connectivity index (χ3v) is 3.43. The Balaban J connectivity index is 2.71. The summed E-state index contributed by atoms with van der Waals surface area (Å²) < 4.78 is 0. The Hall–Kier alpha value is -4.48. The van der Waals surface area contributed by atoms with E-state index >= 15 is 0 Å². The van der Waals surface area contributed by atoms with Crippen LogP contribution in [0.5, 0.6) is 0 Å². The molecule has 2 aromatic carbocycles. The number of benzene rings is 2. The average Bonchev–Trinajstić information content (AvgIpc) is 2.65. The lowest BCUT2D eigenvalue weighted by Gasteiger charge is -2.06. The molecule has 0 atom stereocenters. The summed E-state index contributed by atoms with van der Waals surface area (Å²) >= 11 is 0. The highest BCUT2D eigenvalue weighted by molar-refractivity contribution is 5.95. The molecule has 12 heteroatoms. The molecule has 2 rings (SSSR count). The summed E-state index contributed by atoms with van der Waals surface area (Å²) in [7, 11) is 0. The van der Waals surface area contributed by atoms with Gasteiger partial charge in [0.2, 0.25) is 0 Å². The predicted molar refractivity (Wildman–Crippen MR) is 87.3 cm³/mol. The normalized spacial score (nSPS) is 11.4. The molecular weight excluding hydrogens is 380 g/mol. The standard InChI is InChI=1S/C16H10N2O10/c19-13(20)7-1-8(14(21)22)4-11(3-7)17(27)18(28)12-5-9(15(23)24)2-10(6-12)16(25)26/h1-6H,(H,19,20)(H,21,22)(H,23,24)(H,25,26)/b18-17+. The second kappa shape index (κ2) is 7.41. The molecule has 12 nitrogen and oxygen atoms in total. The Labute approximate surface area is 154 Å². The molecule has 4 N–H and O–H groups in total. The smallest absolute Gasteiger partial charge is 0.335 e. The Kier molecular flexibility index (Phi) is 5.25. The van der Waals surface area contributed by atoms with Gasteiger partial charge in [-0.1, -0.05) is 0 Å². The first-order valence-electron chi connectivity index (χ1n) is 7.19. The molecule has 0 heterocycles. The Bertz CT molecular complexity index is 909. The van der Waals surface area contributed by atoms with Crippen molar-refractivity contribution in [3.63, 3.8) is 0 Å². The summed E-state index contributed by atoms with van der Waals surface area (Å²) in [4.78, 5) is 43.5. The summed E-state index contributed by atoms with van der Waals surface area (Å²) in [6, 6.07) is 4.45. The lowest BCUT2D eigenvalue weighted by atomic mass is 10.1. The van der Waals surface area contributed by atoms with Crippen molar-refractivity contribution >= 4 is 35.3 Å². The maximum absolute atomic E-state index is 12.3. The molecule has 0 aromatic heterocycles. The van der Waals surface area contributed by atoms with Crippen LogP contribution in [0.25, 0.3) is 0 Å². The molecule has 0 aliphatic carbocycles. The number of carboxylic acid groups (broad SMARTS) is 4. The van der Waals surface area contributed by atoms with Gasteiger partial charge in [0.15, 0.2) is 0 Å². The van der Waals surface area contributed by atoms with Crippen molar-refractivity contribution in [1.82, 2.24) is 0 Å². The van der Waals surface area contributed by atoms with Gasteiger partial charge in [-0.3, -0.25) is 0 Å². The van der Waals surface area contributed by atoms with E-state index in [0.717, 1.165) is 36.4 Å². The summed E-state index contributed by atoms with van der Waals surface area (Å²) in [5, 5.41) is 60.7. The van der Waals surface area contributed by atoms with Crippen LogP contribution in [0.1, 0.15) is 41.4 Å². The SMILES string of the molecule is O=C(O)c1cc(C(=O)O)cc(/[N+]([O-])=[N+](\[O-])c2cc(C(=O)O)cc(C(=O)O)c2)c1. The highest BCUT2D eigenvalue weighted by atomic mass is 16.6. The zero-order valence-electron chi connectivity index (χ0n) is 13.6. The number of nitrogens with zero attached hydrogens (tertiary/aromatic N) is 2. The molecule has 28 heavy (non-hydrogen) atoms. The molecule has 0 saturated heterocycles. The minimum atomic E-state index is -1.56. The quantitative estimate of drug-likeness (QED) is 0.320. The lowest BCUT2D eigenvalue weighted by molar-refractivity contribution is -0.896. The topological polar surface area (TPSA) is 201 Å². The molecule has 2 aromatic rings. The first-order valence-corrected chi connectivity index (χ1v) is 7.19. The summed E-state index contributed by atoms with van der Waals surface area (Å²) in [5.41, 5.74) is -3.71. The number of hydrogen-bond acceptors (Lipinski definition) is 6. The molecule has 0 radical (unpaired) electrons. The van der Waals surface area contributed by atoms with Crippen LogP contribution in [0.15, 0.2) is 36.4 Å². The van der Waals surface area contributed by atoms with Crippen LogP contribution in [-0.2, 0) is 0 Å². The van der Waals surface area contributed by atoms with E-state index in [-0.39, 0.29) is 0 Å². The fraction of sp³-hybridized carbons (Fsp3) is 0. The third-order valence-electron chi connectivity index (χ3n) is 3.43. The molecule has 0 spiro atoms. The van der Waals surface area contributed by atoms with Gasteiger partial charge in [-0.15, -0.1) is 0 Å². The molecule has 0 aliphatic heterocycles. The van der Waals surface area contributed by atoms with E-state index in [2.05, 4.69) is 0 Å². The first-order chi connectivity index (χ1) is 13.0. The second-order valence-electron chi connectivity index (χ2n) is 5.30. The molecule has 0 amide bonds. The Morgan fingerprint density at radius 3 is 0.929 bits per heavy atom. The van der Waals surface area contributed by atoms with Crippen LogP contribution in [0.4, 0.5) is 11.4 Å². The first kappa shape index (κ1) is 19.8. The van der Waals surface area contributed by atoms with Crippen LogP contribution in [0.3, 0.4) is 0 Å². The molecule has 0 saturated carbocycles. The fourth-order valence-electron chi connectivity index (χ4n) is 2.15. The molecule has 144 valence electrons. The van der Waals surface area contributed by atoms with Gasteiger partial charge in [-0.05, 0) is 12.1 Å². The minimum absolute atomic E-state index is 0.439. The Morgan fingerprint density at radius 2 is 0.750 bits per heavy atom. The maximum Gasteiger partial charge on any atom is 0.335 e. The number of hydrogen-bond donors (Lipinski definition) is 4. The van der Waals surface area contributed by atoms with Gasteiger partial charge in [-0.25, -0.2) is 19.2 Å². The van der Waals surface area contributed by atoms with Gasteiger partial charge in [-0.2, -0.15) is 0 Å². The van der Waals surface area contributed by atoms with Crippen molar-refractivity contribution in [2.75, 3.05) is 0 Å².